The summed E-state index contributed by atoms with van der Waals surface area (Å²) in [5, 5.41) is 5.77. The van der Waals surface area contributed by atoms with Crippen molar-refractivity contribution in [2.45, 2.75) is 44.6 Å². The van der Waals surface area contributed by atoms with Crippen molar-refractivity contribution >= 4 is 11.8 Å². The van der Waals surface area contributed by atoms with Crippen LogP contribution in [-0.4, -0.2) is 24.4 Å². The molecule has 0 heterocycles. The minimum atomic E-state index is -0.203. The molecule has 2 aromatic carbocycles. The van der Waals surface area contributed by atoms with Gasteiger partial charge in [0.05, 0.1) is 6.54 Å². The van der Waals surface area contributed by atoms with Gasteiger partial charge in [-0.05, 0) is 55.7 Å². The first-order valence-electron chi connectivity index (χ1n) is 9.31. The molecule has 0 unspecified atom stereocenters. The van der Waals surface area contributed by atoms with E-state index in [0.717, 1.165) is 31.2 Å². The second kappa shape index (κ2) is 8.65. The van der Waals surface area contributed by atoms with Crippen LogP contribution >= 0.6 is 0 Å². The third-order valence-electron chi connectivity index (χ3n) is 5.16. The van der Waals surface area contributed by atoms with E-state index < -0.39 is 0 Å². The molecule has 2 N–H and O–H groups in total. The van der Waals surface area contributed by atoms with Crippen LogP contribution in [0.25, 0.3) is 0 Å². The van der Waals surface area contributed by atoms with Gasteiger partial charge in [0, 0.05) is 11.6 Å². The van der Waals surface area contributed by atoms with Crippen molar-refractivity contribution in [2.24, 2.45) is 0 Å². The molecule has 26 heavy (non-hydrogen) atoms. The van der Waals surface area contributed by atoms with Gasteiger partial charge in [-0.2, -0.15) is 0 Å². The van der Waals surface area contributed by atoms with Crippen LogP contribution in [0, 0.1) is 6.92 Å². The van der Waals surface area contributed by atoms with Crippen LogP contribution in [0.15, 0.2) is 54.6 Å². The number of benzene rings is 2. The number of hydrogen-bond donors (Lipinski definition) is 2. The topological polar surface area (TPSA) is 58.2 Å². The van der Waals surface area contributed by atoms with E-state index in [1.54, 1.807) is 6.07 Å². The molecule has 1 saturated carbocycles. The molecule has 1 aliphatic carbocycles. The van der Waals surface area contributed by atoms with Crippen LogP contribution in [0.5, 0.6) is 0 Å². The molecule has 4 heteroatoms. The van der Waals surface area contributed by atoms with Gasteiger partial charge in [-0.1, -0.05) is 48.5 Å². The van der Waals surface area contributed by atoms with E-state index in [-0.39, 0.29) is 24.4 Å². The van der Waals surface area contributed by atoms with Gasteiger partial charge >= 0.3 is 0 Å². The Morgan fingerprint density at radius 1 is 0.923 bits per heavy atom. The molecule has 3 rings (SSSR count). The van der Waals surface area contributed by atoms with Gasteiger partial charge < -0.3 is 10.6 Å². The number of rotatable bonds is 5. The number of amides is 2. The molecule has 1 aliphatic rings. The van der Waals surface area contributed by atoms with E-state index in [4.69, 9.17) is 0 Å². The van der Waals surface area contributed by atoms with Crippen molar-refractivity contribution in [3.05, 3.63) is 71.3 Å². The summed E-state index contributed by atoms with van der Waals surface area (Å²) in [7, 11) is 0. The SMILES string of the molecule is Cc1ccccc1C(=O)NCC(=O)NC1CCC(c2ccccc2)CC1. The summed E-state index contributed by atoms with van der Waals surface area (Å²) in [5.41, 5.74) is 2.91. The number of aryl methyl sites for hydroxylation is 1. The second-order valence-electron chi connectivity index (χ2n) is 7.02. The monoisotopic (exact) mass is 350 g/mol. The second-order valence-corrected chi connectivity index (χ2v) is 7.02. The summed E-state index contributed by atoms with van der Waals surface area (Å²) >= 11 is 0. The van der Waals surface area contributed by atoms with E-state index >= 15 is 0 Å². The maximum atomic E-state index is 12.2. The lowest BCUT2D eigenvalue weighted by molar-refractivity contribution is -0.121. The molecule has 0 atom stereocenters. The first-order chi connectivity index (χ1) is 12.6. The quantitative estimate of drug-likeness (QED) is 0.866. The van der Waals surface area contributed by atoms with Crippen molar-refractivity contribution in [3.63, 3.8) is 0 Å². The van der Waals surface area contributed by atoms with Crippen LogP contribution in [0.1, 0.15) is 53.1 Å². The largest absolute Gasteiger partial charge is 0.352 e. The molecule has 0 spiro atoms. The van der Waals surface area contributed by atoms with E-state index in [2.05, 4.69) is 34.9 Å². The fraction of sp³-hybridized carbons (Fsp3) is 0.364. The zero-order chi connectivity index (χ0) is 18.4. The van der Waals surface area contributed by atoms with Gasteiger partial charge in [-0.3, -0.25) is 9.59 Å². The molecule has 0 saturated heterocycles. The molecule has 0 bridgehead atoms. The van der Waals surface area contributed by atoms with E-state index in [1.807, 2.05) is 31.2 Å². The van der Waals surface area contributed by atoms with Gasteiger partial charge in [-0.25, -0.2) is 0 Å². The first kappa shape index (κ1) is 18.2. The Bertz CT molecular complexity index is 750. The number of carbonyl (C=O) groups excluding carboxylic acids is 2. The fourth-order valence-electron chi connectivity index (χ4n) is 3.66. The lowest BCUT2D eigenvalue weighted by Gasteiger charge is -2.29. The average molecular weight is 350 g/mol. The summed E-state index contributed by atoms with van der Waals surface area (Å²) in [6, 6.07) is 18.2. The number of nitrogens with one attached hydrogen (secondary N) is 2. The summed E-state index contributed by atoms with van der Waals surface area (Å²) in [6.45, 7) is 1.91. The highest BCUT2D eigenvalue weighted by Crippen LogP contribution is 2.32. The van der Waals surface area contributed by atoms with Crippen LogP contribution in [0.2, 0.25) is 0 Å². The molecule has 0 aliphatic heterocycles. The number of carbonyl (C=O) groups is 2. The van der Waals surface area contributed by atoms with Gasteiger partial charge in [0.2, 0.25) is 5.91 Å². The summed E-state index contributed by atoms with van der Waals surface area (Å²) in [6.07, 6.45) is 4.14. The third kappa shape index (κ3) is 4.72. The maximum Gasteiger partial charge on any atom is 0.251 e. The normalized spacial score (nSPS) is 19.6. The van der Waals surface area contributed by atoms with Gasteiger partial charge in [0.1, 0.15) is 0 Å². The van der Waals surface area contributed by atoms with Crippen molar-refractivity contribution in [1.29, 1.82) is 0 Å². The van der Waals surface area contributed by atoms with E-state index in [0.29, 0.717) is 11.5 Å². The van der Waals surface area contributed by atoms with Crippen LogP contribution < -0.4 is 10.6 Å². The maximum absolute atomic E-state index is 12.2. The van der Waals surface area contributed by atoms with Crippen molar-refractivity contribution in [1.82, 2.24) is 10.6 Å². The molecule has 4 nitrogen and oxygen atoms in total. The Kier molecular flexibility index (Phi) is 6.05. The van der Waals surface area contributed by atoms with E-state index in [9.17, 15) is 9.59 Å². The Morgan fingerprint density at radius 2 is 1.58 bits per heavy atom. The zero-order valence-corrected chi connectivity index (χ0v) is 15.2. The molecule has 2 aromatic rings. The summed E-state index contributed by atoms with van der Waals surface area (Å²) in [4.78, 5) is 24.3. The molecular weight excluding hydrogens is 324 g/mol. The summed E-state index contributed by atoms with van der Waals surface area (Å²) in [5.74, 6) is 0.270. The average Bonchev–Trinajstić information content (AvgIpc) is 2.68. The molecule has 0 aromatic heterocycles. The minimum absolute atomic E-state index is 0.0196. The predicted molar refractivity (Wildman–Crippen MR) is 103 cm³/mol. The van der Waals surface area contributed by atoms with Gasteiger partial charge in [-0.15, -0.1) is 0 Å². The summed E-state index contributed by atoms with van der Waals surface area (Å²) < 4.78 is 0. The third-order valence-corrected chi connectivity index (χ3v) is 5.16. The van der Waals surface area contributed by atoms with Crippen molar-refractivity contribution in [2.75, 3.05) is 6.54 Å². The Hall–Kier alpha value is -2.62. The van der Waals surface area contributed by atoms with Crippen LogP contribution in [0.4, 0.5) is 0 Å². The van der Waals surface area contributed by atoms with Crippen LogP contribution in [-0.2, 0) is 4.79 Å². The highest BCUT2D eigenvalue weighted by atomic mass is 16.2. The minimum Gasteiger partial charge on any atom is -0.352 e. The molecule has 0 radical (unpaired) electrons. The highest BCUT2D eigenvalue weighted by Gasteiger charge is 2.23. The Balaban J connectivity index is 1.42. The van der Waals surface area contributed by atoms with Crippen LogP contribution in [0.3, 0.4) is 0 Å². The standard InChI is InChI=1S/C22H26N2O2/c1-16-7-5-6-10-20(16)22(26)23-15-21(25)24-19-13-11-18(12-14-19)17-8-3-2-4-9-17/h2-10,18-19H,11-15H2,1H3,(H,23,26)(H,24,25). The lowest BCUT2D eigenvalue weighted by Crippen LogP contribution is -2.43. The number of hydrogen-bond acceptors (Lipinski definition) is 2. The molecule has 136 valence electrons. The lowest BCUT2D eigenvalue weighted by atomic mass is 9.82. The Morgan fingerprint density at radius 3 is 2.27 bits per heavy atom. The molecule has 1 fully saturated rings. The smallest absolute Gasteiger partial charge is 0.251 e. The van der Waals surface area contributed by atoms with Gasteiger partial charge in [0.25, 0.3) is 5.91 Å². The van der Waals surface area contributed by atoms with Crippen molar-refractivity contribution < 1.29 is 9.59 Å². The zero-order valence-electron chi connectivity index (χ0n) is 15.2. The predicted octanol–water partition coefficient (Wildman–Crippen LogP) is 3.57. The van der Waals surface area contributed by atoms with E-state index in [1.165, 1.54) is 5.56 Å². The molecular formula is C22H26N2O2. The van der Waals surface area contributed by atoms with Gasteiger partial charge in [0.15, 0.2) is 0 Å². The highest BCUT2D eigenvalue weighted by molar-refractivity contribution is 5.97. The Labute approximate surface area is 155 Å². The molecule has 2 amide bonds. The van der Waals surface area contributed by atoms with Crippen molar-refractivity contribution in [3.8, 4) is 0 Å². The fourth-order valence-corrected chi connectivity index (χ4v) is 3.66. The first-order valence-corrected chi connectivity index (χ1v) is 9.31.